The number of halogens is 3. The molecule has 0 amide bonds. The van der Waals surface area contributed by atoms with Crippen LogP contribution in [0.2, 0.25) is 5.02 Å². The number of rotatable bonds is 4. The molecule has 0 heterocycles. The predicted molar refractivity (Wildman–Crippen MR) is 71.8 cm³/mol. The minimum absolute atomic E-state index is 0.117. The summed E-state index contributed by atoms with van der Waals surface area (Å²) in [6, 6.07) is 7.42. The monoisotopic (exact) mass is 298 g/mol. The molecule has 104 valence electrons. The average Bonchev–Trinajstić information content (AvgIpc) is 2.40. The van der Waals surface area contributed by atoms with E-state index < -0.39 is 22.2 Å². The zero-order valence-electron chi connectivity index (χ0n) is 10.1. The first-order chi connectivity index (χ1) is 9.49. The van der Waals surface area contributed by atoms with Crippen molar-refractivity contribution >= 4 is 23.0 Å². The fraction of sp³-hybridized carbons (Fsp3) is 0.0769. The third-order valence-electron chi connectivity index (χ3n) is 2.65. The van der Waals surface area contributed by atoms with Crippen LogP contribution in [-0.4, -0.2) is 4.92 Å². The van der Waals surface area contributed by atoms with Gasteiger partial charge < -0.3 is 5.32 Å². The van der Waals surface area contributed by atoms with E-state index in [1.54, 1.807) is 0 Å². The Morgan fingerprint density at radius 3 is 2.65 bits per heavy atom. The van der Waals surface area contributed by atoms with Crippen molar-refractivity contribution < 1.29 is 13.7 Å². The van der Waals surface area contributed by atoms with Crippen LogP contribution < -0.4 is 5.32 Å². The van der Waals surface area contributed by atoms with Gasteiger partial charge in [0.2, 0.25) is 0 Å². The Labute approximate surface area is 118 Å². The predicted octanol–water partition coefficient (Wildman–Crippen LogP) is 4.14. The van der Waals surface area contributed by atoms with Gasteiger partial charge in [-0.3, -0.25) is 10.1 Å². The Morgan fingerprint density at radius 2 is 1.95 bits per heavy atom. The molecule has 0 bridgehead atoms. The van der Waals surface area contributed by atoms with Crippen LogP contribution in [0.25, 0.3) is 0 Å². The van der Waals surface area contributed by atoms with Gasteiger partial charge in [0.25, 0.3) is 5.69 Å². The van der Waals surface area contributed by atoms with Crippen LogP contribution in [0.3, 0.4) is 0 Å². The van der Waals surface area contributed by atoms with Crippen LogP contribution in [-0.2, 0) is 6.54 Å². The molecule has 0 aliphatic heterocycles. The number of anilines is 1. The van der Waals surface area contributed by atoms with E-state index in [9.17, 15) is 18.9 Å². The van der Waals surface area contributed by atoms with Gasteiger partial charge in [-0.25, -0.2) is 8.78 Å². The molecule has 1 N–H and O–H groups in total. The molecule has 0 radical (unpaired) electrons. The number of hydrogen-bond donors (Lipinski definition) is 1. The van der Waals surface area contributed by atoms with Crippen molar-refractivity contribution in [2.75, 3.05) is 5.32 Å². The molecule has 0 unspecified atom stereocenters. The number of nitro benzene ring substituents is 1. The fourth-order valence-electron chi connectivity index (χ4n) is 1.70. The zero-order valence-corrected chi connectivity index (χ0v) is 10.8. The van der Waals surface area contributed by atoms with Crippen LogP contribution in [0, 0.1) is 21.7 Å². The van der Waals surface area contributed by atoms with Crippen LogP contribution in [0.5, 0.6) is 0 Å². The Morgan fingerprint density at radius 1 is 1.20 bits per heavy atom. The van der Waals surface area contributed by atoms with Crippen molar-refractivity contribution in [3.8, 4) is 0 Å². The molecule has 4 nitrogen and oxygen atoms in total. The molecule has 0 spiro atoms. The number of benzene rings is 2. The van der Waals surface area contributed by atoms with Crippen molar-refractivity contribution in [1.29, 1.82) is 0 Å². The molecule has 2 aromatic rings. The second kappa shape index (κ2) is 5.83. The summed E-state index contributed by atoms with van der Waals surface area (Å²) in [5, 5.41) is 13.7. The molecule has 0 saturated heterocycles. The van der Waals surface area contributed by atoms with Gasteiger partial charge in [0.05, 0.1) is 4.92 Å². The van der Waals surface area contributed by atoms with Crippen molar-refractivity contribution in [1.82, 2.24) is 0 Å². The average molecular weight is 299 g/mol. The van der Waals surface area contributed by atoms with E-state index in [0.29, 0.717) is 5.02 Å². The largest absolute Gasteiger partial charge is 0.373 e. The van der Waals surface area contributed by atoms with Gasteiger partial charge in [0, 0.05) is 23.2 Å². The number of nitrogens with one attached hydrogen (secondary N) is 1. The maximum Gasteiger partial charge on any atom is 0.295 e. The van der Waals surface area contributed by atoms with E-state index in [1.165, 1.54) is 30.3 Å². The summed E-state index contributed by atoms with van der Waals surface area (Å²) in [4.78, 5) is 10.1. The highest BCUT2D eigenvalue weighted by Gasteiger charge is 2.17. The summed E-state index contributed by atoms with van der Waals surface area (Å²) in [5.41, 5.74) is -0.501. The molecular weight excluding hydrogens is 290 g/mol. The normalized spacial score (nSPS) is 10.3. The van der Waals surface area contributed by atoms with Gasteiger partial charge in [-0.1, -0.05) is 17.7 Å². The molecule has 0 aliphatic carbocycles. The fourth-order valence-corrected chi connectivity index (χ4v) is 1.90. The minimum Gasteiger partial charge on any atom is -0.373 e. The Hall–Kier alpha value is -2.21. The van der Waals surface area contributed by atoms with Gasteiger partial charge >= 0.3 is 0 Å². The second-order valence-corrected chi connectivity index (χ2v) is 4.42. The molecule has 0 aliphatic rings. The van der Waals surface area contributed by atoms with Gasteiger partial charge in [0.15, 0.2) is 5.82 Å². The smallest absolute Gasteiger partial charge is 0.295 e. The molecule has 20 heavy (non-hydrogen) atoms. The van der Waals surface area contributed by atoms with Gasteiger partial charge in [-0.2, -0.15) is 0 Å². The Balaban J connectivity index is 2.27. The lowest BCUT2D eigenvalue weighted by molar-refractivity contribution is -0.384. The van der Waals surface area contributed by atoms with Crippen molar-refractivity contribution in [2.45, 2.75) is 6.54 Å². The van der Waals surface area contributed by atoms with E-state index in [2.05, 4.69) is 5.32 Å². The summed E-state index contributed by atoms with van der Waals surface area (Å²) in [7, 11) is 0. The number of hydrogen-bond acceptors (Lipinski definition) is 3. The third kappa shape index (κ3) is 3.03. The van der Waals surface area contributed by atoms with E-state index in [0.717, 1.165) is 6.07 Å². The molecule has 2 rings (SSSR count). The minimum atomic E-state index is -0.776. The van der Waals surface area contributed by atoms with Crippen LogP contribution in [0.15, 0.2) is 36.4 Å². The molecular formula is C13H9ClF2N2O2. The lowest BCUT2D eigenvalue weighted by Crippen LogP contribution is -2.06. The highest BCUT2D eigenvalue weighted by atomic mass is 35.5. The van der Waals surface area contributed by atoms with E-state index >= 15 is 0 Å². The topological polar surface area (TPSA) is 55.2 Å². The quantitative estimate of drug-likeness (QED) is 0.682. The van der Waals surface area contributed by atoms with Crippen molar-refractivity contribution in [3.05, 3.63) is 68.7 Å². The van der Waals surface area contributed by atoms with E-state index in [4.69, 9.17) is 11.6 Å². The van der Waals surface area contributed by atoms with Crippen molar-refractivity contribution in [2.24, 2.45) is 0 Å². The summed E-state index contributed by atoms with van der Waals surface area (Å²) in [6.45, 7) is -0.117. The lowest BCUT2D eigenvalue weighted by Gasteiger charge is -2.09. The highest BCUT2D eigenvalue weighted by molar-refractivity contribution is 6.30. The van der Waals surface area contributed by atoms with E-state index in [1.807, 2.05) is 0 Å². The first-order valence-electron chi connectivity index (χ1n) is 5.59. The van der Waals surface area contributed by atoms with Crippen LogP contribution >= 0.6 is 11.6 Å². The molecule has 0 fully saturated rings. The first kappa shape index (κ1) is 14.2. The van der Waals surface area contributed by atoms with Crippen LogP contribution in [0.4, 0.5) is 20.2 Å². The van der Waals surface area contributed by atoms with Gasteiger partial charge in [-0.15, -0.1) is 0 Å². The van der Waals surface area contributed by atoms with Crippen LogP contribution in [0.1, 0.15) is 5.56 Å². The SMILES string of the molecule is O=[N+]([O-])c1cccc(F)c1NCc1cc(Cl)ccc1F. The number of nitrogens with zero attached hydrogens (tertiary/aromatic N) is 1. The number of para-hydroxylation sites is 1. The van der Waals surface area contributed by atoms with E-state index in [-0.39, 0.29) is 17.8 Å². The lowest BCUT2D eigenvalue weighted by atomic mass is 10.2. The summed E-state index contributed by atoms with van der Waals surface area (Å²) >= 11 is 5.73. The maximum atomic E-state index is 13.6. The number of nitro groups is 1. The first-order valence-corrected chi connectivity index (χ1v) is 5.97. The third-order valence-corrected chi connectivity index (χ3v) is 2.89. The Bertz CT molecular complexity index is 665. The molecule has 0 atom stereocenters. The van der Waals surface area contributed by atoms with Gasteiger partial charge in [-0.05, 0) is 24.3 Å². The molecule has 7 heteroatoms. The highest BCUT2D eigenvalue weighted by Crippen LogP contribution is 2.28. The maximum absolute atomic E-state index is 13.6. The molecule has 0 saturated carbocycles. The standard InChI is InChI=1S/C13H9ClF2N2O2/c14-9-4-5-10(15)8(6-9)7-17-13-11(16)2-1-3-12(13)18(19)20/h1-6,17H,7H2. The van der Waals surface area contributed by atoms with Gasteiger partial charge in [0.1, 0.15) is 11.5 Å². The summed E-state index contributed by atoms with van der Waals surface area (Å²) in [5.74, 6) is -1.30. The molecule has 2 aromatic carbocycles. The van der Waals surface area contributed by atoms with Crippen molar-refractivity contribution in [3.63, 3.8) is 0 Å². The zero-order chi connectivity index (χ0) is 14.7. The second-order valence-electron chi connectivity index (χ2n) is 3.98. The summed E-state index contributed by atoms with van der Waals surface area (Å²) in [6.07, 6.45) is 0. The summed E-state index contributed by atoms with van der Waals surface area (Å²) < 4.78 is 27.1. The molecule has 0 aromatic heterocycles. The Kier molecular flexibility index (Phi) is 4.14.